The highest BCUT2D eigenvalue weighted by molar-refractivity contribution is 5.70. The second-order valence-corrected chi connectivity index (χ2v) is 8.75. The Morgan fingerprint density at radius 2 is 1.49 bits per heavy atom. The van der Waals surface area contributed by atoms with Crippen LogP contribution in [0.15, 0.2) is 79.7 Å². The molecule has 4 heteroatoms. The smallest absolute Gasteiger partial charge is 0.151 e. The molecule has 0 aliphatic carbocycles. The van der Waals surface area contributed by atoms with E-state index in [-0.39, 0.29) is 0 Å². The molecule has 2 aromatic carbocycles. The molecule has 3 aromatic rings. The van der Waals surface area contributed by atoms with Crippen molar-refractivity contribution < 1.29 is 9.47 Å². The summed E-state index contributed by atoms with van der Waals surface area (Å²) in [6, 6.07) is 16.6. The third-order valence-electron chi connectivity index (χ3n) is 5.84. The van der Waals surface area contributed by atoms with E-state index in [1.54, 1.807) is 6.08 Å². The topological polar surface area (TPSA) is 44.2 Å². The molecule has 0 spiro atoms. The van der Waals surface area contributed by atoms with E-state index >= 15 is 0 Å². The van der Waals surface area contributed by atoms with Gasteiger partial charge in [-0.1, -0.05) is 74.9 Å². The van der Waals surface area contributed by atoms with Gasteiger partial charge in [0.1, 0.15) is 12.4 Å². The number of hydrogen-bond acceptors (Lipinski definition) is 4. The van der Waals surface area contributed by atoms with Gasteiger partial charge in [0.15, 0.2) is 5.82 Å². The Kier molecular flexibility index (Phi) is 11.2. The molecule has 0 aliphatic rings. The molecule has 1 atom stereocenters. The quantitative estimate of drug-likeness (QED) is 0.166. The number of ether oxygens (including phenoxy) is 2. The van der Waals surface area contributed by atoms with Crippen LogP contribution < -0.4 is 4.74 Å². The summed E-state index contributed by atoms with van der Waals surface area (Å²) < 4.78 is 11.4. The lowest BCUT2D eigenvalue weighted by atomic mass is 10.0. The minimum Gasteiger partial charge on any atom is -0.490 e. The molecule has 0 saturated heterocycles. The lowest BCUT2D eigenvalue weighted by Gasteiger charge is -2.11. The van der Waals surface area contributed by atoms with E-state index in [0.717, 1.165) is 59.7 Å². The van der Waals surface area contributed by atoms with Crippen molar-refractivity contribution >= 4 is 6.08 Å². The van der Waals surface area contributed by atoms with E-state index in [9.17, 15) is 0 Å². The van der Waals surface area contributed by atoms with Crippen molar-refractivity contribution in [3.8, 4) is 28.0 Å². The molecule has 1 aromatic heterocycles. The minimum atomic E-state index is 0.331. The molecule has 0 fully saturated rings. The molecule has 0 N–H and O–H groups in total. The van der Waals surface area contributed by atoms with Crippen LogP contribution in [0.5, 0.6) is 5.75 Å². The first-order chi connectivity index (χ1) is 17.2. The number of rotatable bonds is 15. The molecule has 0 saturated carbocycles. The third-order valence-corrected chi connectivity index (χ3v) is 5.84. The van der Waals surface area contributed by atoms with Crippen molar-refractivity contribution in [1.29, 1.82) is 0 Å². The average Bonchev–Trinajstić information content (AvgIpc) is 2.90. The van der Waals surface area contributed by atoms with Crippen LogP contribution in [0, 0.1) is 0 Å². The highest BCUT2D eigenvalue weighted by Gasteiger charge is 2.03. The van der Waals surface area contributed by atoms with Crippen molar-refractivity contribution in [1.82, 2.24) is 9.97 Å². The molecule has 1 unspecified atom stereocenters. The van der Waals surface area contributed by atoms with Gasteiger partial charge in [-0.05, 0) is 67.5 Å². The first-order valence-electron chi connectivity index (χ1n) is 12.7. The van der Waals surface area contributed by atoms with Crippen LogP contribution >= 0.6 is 0 Å². The van der Waals surface area contributed by atoms with Crippen molar-refractivity contribution in [2.45, 2.75) is 58.5 Å². The van der Waals surface area contributed by atoms with Gasteiger partial charge < -0.3 is 9.47 Å². The molecule has 184 valence electrons. The first kappa shape index (κ1) is 26.4. The fourth-order valence-corrected chi connectivity index (χ4v) is 3.76. The second-order valence-electron chi connectivity index (χ2n) is 8.75. The Balaban J connectivity index is 1.45. The van der Waals surface area contributed by atoms with E-state index in [0.29, 0.717) is 12.7 Å². The van der Waals surface area contributed by atoms with Gasteiger partial charge in [0.25, 0.3) is 0 Å². The molecule has 3 rings (SSSR count). The number of hydrogen-bond donors (Lipinski definition) is 0. The maximum atomic E-state index is 5.86. The Morgan fingerprint density at radius 1 is 0.857 bits per heavy atom. The Morgan fingerprint density at radius 3 is 2.11 bits per heavy atom. The summed E-state index contributed by atoms with van der Waals surface area (Å²) in [6.45, 7) is 9.45. The molecule has 0 amide bonds. The third kappa shape index (κ3) is 9.14. The lowest BCUT2D eigenvalue weighted by Crippen LogP contribution is -2.08. The minimum absolute atomic E-state index is 0.331. The first-order valence-corrected chi connectivity index (χ1v) is 12.7. The maximum Gasteiger partial charge on any atom is 0.151 e. The van der Waals surface area contributed by atoms with E-state index in [4.69, 9.17) is 9.47 Å². The normalized spacial score (nSPS) is 12.1. The summed E-state index contributed by atoms with van der Waals surface area (Å²) in [5, 5.41) is 0. The highest BCUT2D eigenvalue weighted by Crippen LogP contribution is 2.26. The SMILES string of the molecule is C=CCOc1ccc(-c2ccc(-c3cnc(/C=C/CCCC(C)OCCCCC)nc3)cc2)cc1. The summed E-state index contributed by atoms with van der Waals surface area (Å²) in [6.07, 6.45) is 16.9. The molecular weight excluding hydrogens is 432 g/mol. The Hall–Kier alpha value is -3.24. The maximum absolute atomic E-state index is 5.86. The number of aromatic nitrogens is 2. The van der Waals surface area contributed by atoms with Gasteiger partial charge in [-0.25, -0.2) is 9.97 Å². The van der Waals surface area contributed by atoms with Gasteiger partial charge in [-0.2, -0.15) is 0 Å². The molecule has 0 aliphatic heterocycles. The van der Waals surface area contributed by atoms with Crippen molar-refractivity contribution in [2.24, 2.45) is 0 Å². The largest absolute Gasteiger partial charge is 0.490 e. The number of allylic oxidation sites excluding steroid dienone is 1. The van der Waals surface area contributed by atoms with Crippen LogP contribution in [-0.4, -0.2) is 29.3 Å². The van der Waals surface area contributed by atoms with Gasteiger partial charge in [0, 0.05) is 24.6 Å². The van der Waals surface area contributed by atoms with E-state index in [1.165, 1.54) is 19.3 Å². The highest BCUT2D eigenvalue weighted by atomic mass is 16.5. The Bertz CT molecular complexity index is 1030. The van der Waals surface area contributed by atoms with Crippen molar-refractivity contribution in [3.63, 3.8) is 0 Å². The molecule has 0 radical (unpaired) electrons. The predicted octanol–water partition coefficient (Wildman–Crippen LogP) is 8.15. The van der Waals surface area contributed by atoms with Crippen LogP contribution in [0.2, 0.25) is 0 Å². The number of benzene rings is 2. The van der Waals surface area contributed by atoms with Gasteiger partial charge in [0.05, 0.1) is 6.10 Å². The summed E-state index contributed by atoms with van der Waals surface area (Å²) in [7, 11) is 0. The molecule has 4 nitrogen and oxygen atoms in total. The fraction of sp³-hybridized carbons (Fsp3) is 0.355. The van der Waals surface area contributed by atoms with Crippen LogP contribution in [0.4, 0.5) is 0 Å². The summed E-state index contributed by atoms with van der Waals surface area (Å²) in [5.74, 6) is 1.59. The van der Waals surface area contributed by atoms with E-state index in [2.05, 4.69) is 72.9 Å². The molecular formula is C31H38N2O2. The monoisotopic (exact) mass is 470 g/mol. The number of nitrogens with zero attached hydrogens (tertiary/aromatic N) is 2. The second kappa shape index (κ2) is 14.9. The standard InChI is InChI=1S/C31H38N2O2/c1-4-6-10-22-34-25(3)11-8-7-9-12-31-32-23-29(24-33-31)28-15-13-26(14-16-28)27-17-19-30(20-18-27)35-21-5-2/h5,9,12-20,23-25H,2,4,6-8,10-11,21-22H2,1,3H3/b12-9+. The van der Waals surface area contributed by atoms with Gasteiger partial charge in [-0.15, -0.1) is 0 Å². The zero-order valence-electron chi connectivity index (χ0n) is 21.2. The summed E-state index contributed by atoms with van der Waals surface area (Å²) in [5.41, 5.74) is 4.42. The van der Waals surface area contributed by atoms with Gasteiger partial charge in [0.2, 0.25) is 0 Å². The van der Waals surface area contributed by atoms with Crippen LogP contribution in [-0.2, 0) is 4.74 Å². The van der Waals surface area contributed by atoms with Crippen molar-refractivity contribution in [2.75, 3.05) is 13.2 Å². The summed E-state index contributed by atoms with van der Waals surface area (Å²) >= 11 is 0. The summed E-state index contributed by atoms with van der Waals surface area (Å²) in [4.78, 5) is 9.03. The van der Waals surface area contributed by atoms with E-state index < -0.39 is 0 Å². The van der Waals surface area contributed by atoms with Crippen LogP contribution in [0.3, 0.4) is 0 Å². The lowest BCUT2D eigenvalue weighted by molar-refractivity contribution is 0.0566. The number of unbranched alkanes of at least 4 members (excludes halogenated alkanes) is 3. The average molecular weight is 471 g/mol. The van der Waals surface area contributed by atoms with Crippen molar-refractivity contribution in [3.05, 3.63) is 85.5 Å². The molecule has 0 bridgehead atoms. The fourth-order valence-electron chi connectivity index (χ4n) is 3.76. The van der Waals surface area contributed by atoms with E-state index in [1.807, 2.05) is 30.6 Å². The van der Waals surface area contributed by atoms with Gasteiger partial charge >= 0.3 is 0 Å². The zero-order valence-corrected chi connectivity index (χ0v) is 21.2. The van der Waals surface area contributed by atoms with Crippen LogP contribution in [0.1, 0.15) is 58.2 Å². The Labute approximate surface area is 210 Å². The zero-order chi connectivity index (χ0) is 24.7. The molecule has 35 heavy (non-hydrogen) atoms. The van der Waals surface area contributed by atoms with Crippen LogP contribution in [0.25, 0.3) is 28.3 Å². The van der Waals surface area contributed by atoms with Gasteiger partial charge in [-0.3, -0.25) is 0 Å². The molecule has 1 heterocycles. The predicted molar refractivity (Wildman–Crippen MR) is 146 cm³/mol.